The van der Waals surface area contributed by atoms with Crippen LogP contribution in [0, 0.1) is 17.8 Å². The van der Waals surface area contributed by atoms with E-state index in [-0.39, 0.29) is 17.2 Å². The molecule has 1 aromatic carbocycles. The first-order valence-electron chi connectivity index (χ1n) is 9.57. The topological polar surface area (TPSA) is 84.2 Å². The summed E-state index contributed by atoms with van der Waals surface area (Å²) in [5, 5.41) is 5.94. The van der Waals surface area contributed by atoms with Gasteiger partial charge in [0, 0.05) is 23.2 Å². The second kappa shape index (κ2) is 8.21. The average molecular weight is 360 g/mol. The summed E-state index contributed by atoms with van der Waals surface area (Å²) in [4.78, 5) is 24.8. The summed E-state index contributed by atoms with van der Waals surface area (Å²) in [6.45, 7) is 8.12. The van der Waals surface area contributed by atoms with Crippen LogP contribution in [0.5, 0.6) is 0 Å². The fourth-order valence-electron chi connectivity index (χ4n) is 3.44. The van der Waals surface area contributed by atoms with Gasteiger partial charge in [-0.05, 0) is 49.4 Å². The van der Waals surface area contributed by atoms with Crippen molar-refractivity contribution in [2.75, 3.05) is 17.2 Å². The Morgan fingerprint density at radius 2 is 1.77 bits per heavy atom. The number of carbonyl (C=O) groups is 2. The number of amides is 2. The molecule has 4 N–H and O–H groups in total. The molecule has 26 heavy (non-hydrogen) atoms. The summed E-state index contributed by atoms with van der Waals surface area (Å²) in [6.07, 6.45) is 6.05. The van der Waals surface area contributed by atoms with Gasteiger partial charge in [0.25, 0.3) is 0 Å². The van der Waals surface area contributed by atoms with Crippen molar-refractivity contribution in [2.45, 2.75) is 66.2 Å². The Hall–Kier alpha value is -1.88. The molecule has 2 amide bonds. The molecule has 0 saturated heterocycles. The fraction of sp³-hybridized carbons (Fsp3) is 0.619. The zero-order chi connectivity index (χ0) is 19.4. The molecule has 5 nitrogen and oxygen atoms in total. The molecule has 0 aromatic heterocycles. The summed E-state index contributed by atoms with van der Waals surface area (Å²) in [5.41, 5.74) is 7.86. The molecule has 2 rings (SSSR count). The van der Waals surface area contributed by atoms with Crippen molar-refractivity contribution in [2.24, 2.45) is 16.6 Å². The van der Waals surface area contributed by atoms with Crippen molar-refractivity contribution in [3.05, 3.63) is 23.8 Å². The first kappa shape index (κ1) is 20.4. The molecule has 1 saturated carbocycles. The molecule has 1 aliphatic rings. The van der Waals surface area contributed by atoms with Gasteiger partial charge in [-0.2, -0.15) is 0 Å². The number of carbonyl (C=O) groups excluding carboxylic acids is 2. The minimum Gasteiger partial charge on any atom is -0.330 e. The van der Waals surface area contributed by atoms with Crippen molar-refractivity contribution >= 4 is 23.2 Å². The summed E-state index contributed by atoms with van der Waals surface area (Å²) >= 11 is 0. The van der Waals surface area contributed by atoms with Gasteiger partial charge in [-0.15, -0.1) is 0 Å². The lowest BCUT2D eigenvalue weighted by Crippen LogP contribution is -2.36. The van der Waals surface area contributed by atoms with E-state index >= 15 is 0 Å². The molecular weight excluding hydrogens is 326 g/mol. The molecule has 1 aliphatic carbocycles. The maximum absolute atomic E-state index is 12.6. The van der Waals surface area contributed by atoms with E-state index in [1.165, 1.54) is 6.42 Å². The lowest BCUT2D eigenvalue weighted by molar-refractivity contribution is -0.123. The Labute approximate surface area is 157 Å². The molecule has 0 bridgehead atoms. The quantitative estimate of drug-likeness (QED) is 0.736. The normalized spacial score (nSPS) is 16.8. The van der Waals surface area contributed by atoms with Gasteiger partial charge in [0.05, 0.1) is 0 Å². The number of aryl methyl sites for hydroxylation is 1. The fourth-order valence-corrected chi connectivity index (χ4v) is 3.44. The number of anilines is 2. The van der Waals surface area contributed by atoms with Crippen LogP contribution in [0.1, 0.15) is 64.9 Å². The van der Waals surface area contributed by atoms with Crippen molar-refractivity contribution in [3.8, 4) is 0 Å². The van der Waals surface area contributed by atoms with Crippen molar-refractivity contribution < 1.29 is 9.59 Å². The molecule has 0 spiro atoms. The van der Waals surface area contributed by atoms with Gasteiger partial charge < -0.3 is 16.4 Å². The minimum atomic E-state index is -0.472. The van der Waals surface area contributed by atoms with Crippen LogP contribution in [-0.2, 0) is 9.59 Å². The summed E-state index contributed by atoms with van der Waals surface area (Å²) < 4.78 is 0. The predicted octanol–water partition coefficient (Wildman–Crippen LogP) is 4.22. The Kier molecular flexibility index (Phi) is 6.45. The van der Waals surface area contributed by atoms with Crippen LogP contribution in [0.4, 0.5) is 11.4 Å². The van der Waals surface area contributed by atoms with E-state index in [0.717, 1.165) is 36.9 Å². The molecule has 0 heterocycles. The van der Waals surface area contributed by atoms with Crippen LogP contribution < -0.4 is 16.4 Å². The maximum Gasteiger partial charge on any atom is 0.229 e. The van der Waals surface area contributed by atoms with Gasteiger partial charge in [0.2, 0.25) is 11.8 Å². The number of nitrogens with two attached hydrogens (primary N) is 1. The third-order valence-corrected chi connectivity index (χ3v) is 5.33. The Balaban J connectivity index is 2.06. The molecule has 1 aromatic rings. The van der Waals surface area contributed by atoms with Gasteiger partial charge in [-0.25, -0.2) is 0 Å². The Morgan fingerprint density at radius 1 is 1.12 bits per heavy atom. The number of benzene rings is 1. The first-order chi connectivity index (χ1) is 12.1. The van der Waals surface area contributed by atoms with E-state index in [9.17, 15) is 9.59 Å². The summed E-state index contributed by atoms with van der Waals surface area (Å²) in [5.74, 6) is -0.0531. The largest absolute Gasteiger partial charge is 0.330 e. The number of hydrogen-bond donors (Lipinski definition) is 3. The van der Waals surface area contributed by atoms with E-state index in [2.05, 4.69) is 10.6 Å². The Bertz CT molecular complexity index is 656. The zero-order valence-corrected chi connectivity index (χ0v) is 16.6. The SMILES string of the molecule is Cc1ccc(NC(=O)CC2(CN)CCCCC2)cc1NC(=O)C(C)(C)C. The van der Waals surface area contributed by atoms with Gasteiger partial charge >= 0.3 is 0 Å². The minimum absolute atomic E-state index is 0.00528. The van der Waals surface area contributed by atoms with E-state index in [1.54, 1.807) is 0 Å². The van der Waals surface area contributed by atoms with Crippen LogP contribution in [0.15, 0.2) is 18.2 Å². The number of hydrogen-bond acceptors (Lipinski definition) is 3. The first-order valence-corrected chi connectivity index (χ1v) is 9.57. The van der Waals surface area contributed by atoms with E-state index in [0.29, 0.717) is 18.7 Å². The lowest BCUT2D eigenvalue weighted by Gasteiger charge is -2.35. The highest BCUT2D eigenvalue weighted by Gasteiger charge is 2.33. The lowest BCUT2D eigenvalue weighted by atomic mass is 9.71. The highest BCUT2D eigenvalue weighted by Crippen LogP contribution is 2.38. The molecule has 5 heteroatoms. The van der Waals surface area contributed by atoms with Crippen LogP contribution in [0.3, 0.4) is 0 Å². The molecule has 0 atom stereocenters. The second-order valence-corrected chi connectivity index (χ2v) is 8.72. The van der Waals surface area contributed by atoms with Crippen LogP contribution in [-0.4, -0.2) is 18.4 Å². The third kappa shape index (κ3) is 5.31. The van der Waals surface area contributed by atoms with Gasteiger partial charge in [-0.3, -0.25) is 9.59 Å². The summed E-state index contributed by atoms with van der Waals surface area (Å²) in [6, 6.07) is 5.61. The van der Waals surface area contributed by atoms with Gasteiger partial charge in [0.1, 0.15) is 0 Å². The highest BCUT2D eigenvalue weighted by molar-refractivity contribution is 5.97. The molecule has 1 fully saturated rings. The predicted molar refractivity (Wildman–Crippen MR) is 107 cm³/mol. The third-order valence-electron chi connectivity index (χ3n) is 5.33. The number of rotatable bonds is 5. The highest BCUT2D eigenvalue weighted by atomic mass is 16.2. The summed E-state index contributed by atoms with van der Waals surface area (Å²) in [7, 11) is 0. The molecule has 144 valence electrons. The Morgan fingerprint density at radius 3 is 2.35 bits per heavy atom. The second-order valence-electron chi connectivity index (χ2n) is 8.72. The van der Waals surface area contributed by atoms with Crippen LogP contribution >= 0.6 is 0 Å². The van der Waals surface area contributed by atoms with Crippen molar-refractivity contribution in [3.63, 3.8) is 0 Å². The number of nitrogens with one attached hydrogen (secondary N) is 2. The van der Waals surface area contributed by atoms with Crippen molar-refractivity contribution in [1.82, 2.24) is 0 Å². The van der Waals surface area contributed by atoms with E-state index in [1.807, 2.05) is 45.9 Å². The van der Waals surface area contributed by atoms with Gasteiger partial charge in [-0.1, -0.05) is 46.1 Å². The molecule has 0 aliphatic heterocycles. The van der Waals surface area contributed by atoms with Crippen LogP contribution in [0.25, 0.3) is 0 Å². The standard InChI is InChI=1S/C21H33N3O2/c1-15-8-9-16(12-17(15)24-19(26)20(2,3)4)23-18(25)13-21(14-22)10-6-5-7-11-21/h8-9,12H,5-7,10-11,13-14,22H2,1-4H3,(H,23,25)(H,24,26). The molecular formula is C21H33N3O2. The van der Waals surface area contributed by atoms with E-state index < -0.39 is 5.41 Å². The molecule has 0 radical (unpaired) electrons. The van der Waals surface area contributed by atoms with Crippen molar-refractivity contribution in [1.29, 1.82) is 0 Å². The van der Waals surface area contributed by atoms with Gasteiger partial charge in [0.15, 0.2) is 0 Å². The monoisotopic (exact) mass is 359 g/mol. The van der Waals surface area contributed by atoms with Crippen LogP contribution in [0.2, 0.25) is 0 Å². The smallest absolute Gasteiger partial charge is 0.229 e. The maximum atomic E-state index is 12.6. The average Bonchev–Trinajstić information content (AvgIpc) is 2.57. The zero-order valence-electron chi connectivity index (χ0n) is 16.6. The van der Waals surface area contributed by atoms with E-state index in [4.69, 9.17) is 5.73 Å². The molecule has 0 unspecified atom stereocenters.